The van der Waals surface area contributed by atoms with E-state index in [1.54, 1.807) is 6.07 Å². The van der Waals surface area contributed by atoms with Crippen LogP contribution in [0, 0.1) is 6.92 Å². The van der Waals surface area contributed by atoms with Crippen molar-refractivity contribution in [3.63, 3.8) is 0 Å². The highest BCUT2D eigenvalue weighted by atomic mass is 16.3. The number of phenols is 1. The zero-order valence-electron chi connectivity index (χ0n) is 15.2. The first-order valence-corrected chi connectivity index (χ1v) is 9.74. The summed E-state index contributed by atoms with van der Waals surface area (Å²) in [5.41, 5.74) is 4.47. The van der Waals surface area contributed by atoms with E-state index in [0.29, 0.717) is 17.2 Å². The third-order valence-electron chi connectivity index (χ3n) is 6.44. The van der Waals surface area contributed by atoms with Crippen LogP contribution in [0.3, 0.4) is 0 Å². The fraction of sp³-hybridized carbons (Fsp3) is 0.478. The molecular formula is C23H29NO. The number of benzene rings is 2. The predicted molar refractivity (Wildman–Crippen MR) is 103 cm³/mol. The molecule has 1 heterocycles. The topological polar surface area (TPSA) is 23.5 Å². The predicted octanol–water partition coefficient (Wildman–Crippen LogP) is 4.83. The van der Waals surface area contributed by atoms with Gasteiger partial charge in [-0.1, -0.05) is 48.4 Å². The van der Waals surface area contributed by atoms with E-state index in [0.717, 1.165) is 6.42 Å². The number of phenolic OH excluding ortho intramolecular Hbond substituents is 1. The number of nitrogens with zero attached hydrogens (tertiary/aromatic N) is 1. The van der Waals surface area contributed by atoms with Crippen LogP contribution in [0.15, 0.2) is 48.5 Å². The molecule has 0 aromatic heterocycles. The van der Waals surface area contributed by atoms with Gasteiger partial charge in [-0.05, 0) is 74.2 Å². The van der Waals surface area contributed by atoms with Crippen LogP contribution in [0.1, 0.15) is 48.8 Å². The molecule has 0 amide bonds. The van der Waals surface area contributed by atoms with Crippen LogP contribution in [-0.4, -0.2) is 29.1 Å². The summed E-state index contributed by atoms with van der Waals surface area (Å²) in [5.74, 6) is 0.413. The molecule has 1 N–H and O–H groups in total. The van der Waals surface area contributed by atoms with E-state index in [9.17, 15) is 5.11 Å². The third kappa shape index (κ3) is 3.46. The van der Waals surface area contributed by atoms with Gasteiger partial charge in [-0.2, -0.15) is 0 Å². The zero-order chi connectivity index (χ0) is 17.3. The largest absolute Gasteiger partial charge is 0.508 e. The molecule has 0 unspecified atom stereocenters. The average Bonchev–Trinajstić information content (AvgIpc) is 2.61. The summed E-state index contributed by atoms with van der Waals surface area (Å²) in [6, 6.07) is 17.7. The van der Waals surface area contributed by atoms with Gasteiger partial charge in [0.25, 0.3) is 0 Å². The lowest BCUT2D eigenvalue weighted by molar-refractivity contribution is 0.0524. The van der Waals surface area contributed by atoms with Gasteiger partial charge in [-0.15, -0.1) is 0 Å². The first kappa shape index (κ1) is 16.7. The van der Waals surface area contributed by atoms with Gasteiger partial charge >= 0.3 is 0 Å². The normalized spacial score (nSPS) is 26.5. The number of aromatic hydroxyl groups is 1. The molecule has 2 fully saturated rings. The third-order valence-corrected chi connectivity index (χ3v) is 6.44. The molecule has 2 bridgehead atoms. The lowest BCUT2D eigenvalue weighted by atomic mass is 9.63. The number of piperidine rings is 1. The Kier molecular flexibility index (Phi) is 4.56. The minimum Gasteiger partial charge on any atom is -0.508 e. The minimum absolute atomic E-state index is 0.293. The van der Waals surface area contributed by atoms with E-state index in [-0.39, 0.29) is 0 Å². The van der Waals surface area contributed by atoms with Crippen LogP contribution in [-0.2, 0) is 11.8 Å². The Labute approximate surface area is 151 Å². The molecule has 4 rings (SSSR count). The van der Waals surface area contributed by atoms with Gasteiger partial charge in [-0.3, -0.25) is 4.90 Å². The molecule has 2 atom stereocenters. The SMILES string of the molecule is Cc1cccc(CCN2CC[C@@]3(c4cccc(O)c4)CCC[C@@H]2C3)c1. The summed E-state index contributed by atoms with van der Waals surface area (Å²) in [6.45, 7) is 4.53. The maximum absolute atomic E-state index is 9.91. The van der Waals surface area contributed by atoms with Gasteiger partial charge in [0.1, 0.15) is 5.75 Å². The first-order valence-electron chi connectivity index (χ1n) is 9.74. The van der Waals surface area contributed by atoms with Gasteiger partial charge in [-0.25, -0.2) is 0 Å². The van der Waals surface area contributed by atoms with Crippen molar-refractivity contribution in [2.24, 2.45) is 0 Å². The Morgan fingerprint density at radius 2 is 2.00 bits per heavy atom. The van der Waals surface area contributed by atoms with Crippen LogP contribution in [0.2, 0.25) is 0 Å². The molecule has 2 aromatic carbocycles. The summed E-state index contributed by atoms with van der Waals surface area (Å²) in [4.78, 5) is 2.72. The Morgan fingerprint density at radius 3 is 2.84 bits per heavy atom. The molecule has 1 aliphatic carbocycles. The highest BCUT2D eigenvalue weighted by Gasteiger charge is 2.43. The molecule has 2 nitrogen and oxygen atoms in total. The molecule has 2 aromatic rings. The van der Waals surface area contributed by atoms with Gasteiger partial charge < -0.3 is 5.11 Å². The van der Waals surface area contributed by atoms with Crippen molar-refractivity contribution in [2.75, 3.05) is 13.1 Å². The first-order chi connectivity index (χ1) is 12.1. The minimum atomic E-state index is 0.293. The summed E-state index contributed by atoms with van der Waals surface area (Å²) < 4.78 is 0. The van der Waals surface area contributed by atoms with Crippen molar-refractivity contribution < 1.29 is 5.11 Å². The number of aryl methyl sites for hydroxylation is 1. The van der Waals surface area contributed by atoms with Crippen LogP contribution >= 0.6 is 0 Å². The molecule has 1 saturated heterocycles. The second kappa shape index (κ2) is 6.84. The van der Waals surface area contributed by atoms with E-state index >= 15 is 0 Å². The van der Waals surface area contributed by atoms with E-state index < -0.39 is 0 Å². The molecule has 0 spiro atoms. The van der Waals surface area contributed by atoms with E-state index in [4.69, 9.17) is 0 Å². The fourth-order valence-corrected chi connectivity index (χ4v) is 5.09. The van der Waals surface area contributed by atoms with E-state index in [1.807, 2.05) is 12.1 Å². The number of fused-ring (bicyclic) bond motifs is 2. The summed E-state index contributed by atoms with van der Waals surface area (Å²) in [6.07, 6.45) is 7.54. The molecule has 1 saturated carbocycles. The summed E-state index contributed by atoms with van der Waals surface area (Å²) in [5, 5.41) is 9.91. The maximum atomic E-state index is 9.91. The quantitative estimate of drug-likeness (QED) is 0.865. The smallest absolute Gasteiger partial charge is 0.115 e. The van der Waals surface area contributed by atoms with Gasteiger partial charge in [0.2, 0.25) is 0 Å². The van der Waals surface area contributed by atoms with Gasteiger partial charge in [0.15, 0.2) is 0 Å². The number of likely N-dealkylation sites (tertiary alicyclic amines) is 1. The molecule has 25 heavy (non-hydrogen) atoms. The maximum Gasteiger partial charge on any atom is 0.115 e. The number of hydrogen-bond acceptors (Lipinski definition) is 2. The van der Waals surface area contributed by atoms with E-state index in [1.165, 1.54) is 61.9 Å². The van der Waals surface area contributed by atoms with E-state index in [2.05, 4.69) is 42.2 Å². The average molecular weight is 335 g/mol. The monoisotopic (exact) mass is 335 g/mol. The Bertz CT molecular complexity index is 740. The van der Waals surface area contributed by atoms with Crippen LogP contribution in [0.25, 0.3) is 0 Å². The lowest BCUT2D eigenvalue weighted by Crippen LogP contribution is -2.52. The van der Waals surface area contributed by atoms with Gasteiger partial charge in [0, 0.05) is 12.6 Å². The van der Waals surface area contributed by atoms with Gasteiger partial charge in [0.05, 0.1) is 0 Å². The van der Waals surface area contributed by atoms with Crippen LogP contribution in [0.5, 0.6) is 5.75 Å². The van der Waals surface area contributed by atoms with Crippen molar-refractivity contribution in [3.05, 3.63) is 65.2 Å². The second-order valence-electron chi connectivity index (χ2n) is 8.11. The van der Waals surface area contributed by atoms with Crippen LogP contribution < -0.4 is 0 Å². The molecule has 2 aliphatic rings. The van der Waals surface area contributed by atoms with Crippen molar-refractivity contribution in [2.45, 2.75) is 56.9 Å². The van der Waals surface area contributed by atoms with Crippen molar-refractivity contribution in [1.82, 2.24) is 4.90 Å². The molecular weight excluding hydrogens is 306 g/mol. The molecule has 2 heteroatoms. The van der Waals surface area contributed by atoms with Crippen LogP contribution in [0.4, 0.5) is 0 Å². The summed E-state index contributed by atoms with van der Waals surface area (Å²) in [7, 11) is 0. The highest BCUT2D eigenvalue weighted by molar-refractivity contribution is 5.34. The second-order valence-corrected chi connectivity index (χ2v) is 8.11. The highest BCUT2D eigenvalue weighted by Crippen LogP contribution is 2.47. The summed E-state index contributed by atoms with van der Waals surface area (Å²) >= 11 is 0. The Morgan fingerprint density at radius 1 is 1.12 bits per heavy atom. The van der Waals surface area contributed by atoms with Crippen molar-refractivity contribution in [3.8, 4) is 5.75 Å². The molecule has 132 valence electrons. The number of rotatable bonds is 4. The van der Waals surface area contributed by atoms with Crippen molar-refractivity contribution >= 4 is 0 Å². The molecule has 1 aliphatic heterocycles. The Balaban J connectivity index is 1.45. The zero-order valence-corrected chi connectivity index (χ0v) is 15.2. The molecule has 0 radical (unpaired) electrons. The standard InChI is InChI=1S/C23H29NO/c1-18-5-2-6-19(15-18)10-13-24-14-12-23(11-4-8-21(24)17-23)20-7-3-9-22(25)16-20/h2-3,5-7,9,15-16,21,25H,4,8,10-14,17H2,1H3/t21-,23+/m1/s1. The Hall–Kier alpha value is -1.80. The lowest BCUT2D eigenvalue weighted by Gasteiger charge is -2.51. The van der Waals surface area contributed by atoms with Crippen molar-refractivity contribution in [1.29, 1.82) is 0 Å². The fourth-order valence-electron chi connectivity index (χ4n) is 5.09. The number of hydrogen-bond donors (Lipinski definition) is 1.